The van der Waals surface area contributed by atoms with Crippen LogP contribution in [0.3, 0.4) is 0 Å². The van der Waals surface area contributed by atoms with Crippen LogP contribution in [-0.2, 0) is 27.1 Å². The Hall–Kier alpha value is -5.22. The van der Waals surface area contributed by atoms with E-state index >= 15 is 0 Å². The summed E-state index contributed by atoms with van der Waals surface area (Å²) < 4.78 is 7.11. The molecule has 4 aliphatic rings. The van der Waals surface area contributed by atoms with Gasteiger partial charge in [0.2, 0.25) is 0 Å². The van der Waals surface area contributed by atoms with Crippen molar-refractivity contribution in [3.8, 4) is 0 Å². The van der Waals surface area contributed by atoms with Gasteiger partial charge in [-0.15, -0.1) is 0 Å². The molecule has 3 nitrogen and oxygen atoms in total. The van der Waals surface area contributed by atoms with Gasteiger partial charge in [0.1, 0.15) is 11.2 Å². The summed E-state index contributed by atoms with van der Waals surface area (Å²) in [4.78, 5) is 5.24. The maximum absolute atomic E-state index is 7.11. The van der Waals surface area contributed by atoms with E-state index in [0.29, 0.717) is 0 Å². The zero-order chi connectivity index (χ0) is 44.5. The zero-order valence-corrected chi connectivity index (χ0v) is 40.4. The predicted molar refractivity (Wildman–Crippen MR) is 271 cm³/mol. The van der Waals surface area contributed by atoms with Crippen molar-refractivity contribution in [2.75, 3.05) is 9.80 Å². The number of benzene rings is 6. The van der Waals surface area contributed by atoms with Gasteiger partial charge in [0.15, 0.2) is 0 Å². The van der Waals surface area contributed by atoms with Crippen LogP contribution in [-0.4, -0.2) is 6.71 Å². The summed E-state index contributed by atoms with van der Waals surface area (Å²) in [6.45, 7) is 33.4. The van der Waals surface area contributed by atoms with Crippen molar-refractivity contribution in [3.05, 3.63) is 136 Å². The molecule has 63 heavy (non-hydrogen) atoms. The highest BCUT2D eigenvalue weighted by Crippen LogP contribution is 2.53. The highest BCUT2D eigenvalue weighted by Gasteiger charge is 2.47. The quantitative estimate of drug-likeness (QED) is 0.162. The molecule has 0 bridgehead atoms. The van der Waals surface area contributed by atoms with Gasteiger partial charge in [0.05, 0.1) is 0 Å². The molecule has 0 N–H and O–H groups in total. The number of aryl methyl sites for hydroxylation is 3. The molecule has 1 aromatic heterocycles. The maximum atomic E-state index is 7.11. The zero-order valence-electron chi connectivity index (χ0n) is 40.4. The average molecular weight is 829 g/mol. The van der Waals surface area contributed by atoms with Crippen LogP contribution in [0.4, 0.5) is 34.1 Å². The molecule has 2 aliphatic heterocycles. The Balaban J connectivity index is 1.27. The number of para-hydroxylation sites is 1. The number of hydrogen-bond acceptors (Lipinski definition) is 3. The Morgan fingerprint density at radius 3 is 1.56 bits per heavy atom. The van der Waals surface area contributed by atoms with Crippen LogP contribution in [0.2, 0.25) is 0 Å². The SMILES string of the molecule is Cc1cc2c3c(c1)N(c1ccccc1C)c1cc4c(cc1B3c1cc3c(cc1N2c1ccc(C(C)(C)C)cc1C)C(C)(C)CCC3(C)C)oc1cc2c(cc14)C(C)(C)CCC2(C)C. The Bertz CT molecular complexity index is 3110. The first-order valence-electron chi connectivity index (χ1n) is 23.7. The third-order valence-corrected chi connectivity index (χ3v) is 16.4. The summed E-state index contributed by atoms with van der Waals surface area (Å²) in [5.41, 5.74) is 25.0. The van der Waals surface area contributed by atoms with Gasteiger partial charge in [-0.25, -0.2) is 0 Å². The van der Waals surface area contributed by atoms with Crippen molar-refractivity contribution in [1.29, 1.82) is 0 Å². The maximum Gasteiger partial charge on any atom is 0.252 e. The van der Waals surface area contributed by atoms with Crippen molar-refractivity contribution in [3.63, 3.8) is 0 Å². The first-order chi connectivity index (χ1) is 29.6. The van der Waals surface area contributed by atoms with Gasteiger partial charge in [-0.1, -0.05) is 113 Å². The molecular weight excluding hydrogens is 763 g/mol. The molecule has 3 heterocycles. The summed E-state index contributed by atoms with van der Waals surface area (Å²) in [6.07, 6.45) is 4.70. The van der Waals surface area contributed by atoms with E-state index in [0.717, 1.165) is 11.2 Å². The number of nitrogens with zero attached hydrogens (tertiary/aromatic N) is 2. The van der Waals surface area contributed by atoms with E-state index in [2.05, 4.69) is 198 Å². The largest absolute Gasteiger partial charge is 0.456 e. The molecule has 0 atom stereocenters. The molecule has 4 heteroatoms. The molecule has 7 aromatic rings. The van der Waals surface area contributed by atoms with E-state index in [4.69, 9.17) is 4.42 Å². The van der Waals surface area contributed by atoms with Gasteiger partial charge in [-0.2, -0.15) is 0 Å². The lowest BCUT2D eigenvalue weighted by atomic mass is 9.33. The second-order valence-corrected chi connectivity index (χ2v) is 23.8. The Morgan fingerprint density at radius 1 is 0.476 bits per heavy atom. The minimum atomic E-state index is 0.00101. The van der Waals surface area contributed by atoms with Crippen LogP contribution >= 0.6 is 0 Å². The minimum Gasteiger partial charge on any atom is -0.456 e. The van der Waals surface area contributed by atoms with Gasteiger partial charge < -0.3 is 14.2 Å². The fourth-order valence-corrected chi connectivity index (χ4v) is 12.2. The van der Waals surface area contributed by atoms with Crippen LogP contribution in [0.1, 0.15) is 146 Å². The van der Waals surface area contributed by atoms with Crippen LogP contribution < -0.4 is 26.2 Å². The highest BCUT2D eigenvalue weighted by atomic mass is 16.3. The van der Waals surface area contributed by atoms with E-state index < -0.39 is 0 Å². The lowest BCUT2D eigenvalue weighted by Crippen LogP contribution is -2.62. The normalized spacial score (nSPS) is 18.8. The second-order valence-electron chi connectivity index (χ2n) is 23.8. The molecule has 320 valence electrons. The molecule has 0 amide bonds. The van der Waals surface area contributed by atoms with E-state index in [-0.39, 0.29) is 33.8 Å². The van der Waals surface area contributed by atoms with Crippen molar-refractivity contribution < 1.29 is 4.42 Å². The molecule has 0 saturated carbocycles. The fraction of sp³-hybridized carbons (Fsp3) is 0.390. The lowest BCUT2D eigenvalue weighted by molar-refractivity contribution is 0.332. The van der Waals surface area contributed by atoms with E-state index in [1.807, 2.05) is 0 Å². The summed E-state index contributed by atoms with van der Waals surface area (Å²) >= 11 is 0. The molecule has 0 unspecified atom stereocenters. The van der Waals surface area contributed by atoms with Crippen LogP contribution in [0.25, 0.3) is 21.9 Å². The minimum absolute atomic E-state index is 0.00101. The molecule has 0 radical (unpaired) electrons. The highest BCUT2D eigenvalue weighted by molar-refractivity contribution is 7.00. The van der Waals surface area contributed by atoms with Crippen molar-refractivity contribution >= 4 is 79.2 Å². The molecule has 6 aromatic carbocycles. The fourth-order valence-electron chi connectivity index (χ4n) is 12.2. The molecule has 0 fully saturated rings. The van der Waals surface area contributed by atoms with Gasteiger partial charge in [0.25, 0.3) is 6.71 Å². The number of furan rings is 1. The summed E-state index contributed by atoms with van der Waals surface area (Å²) in [6, 6.07) is 36.2. The third kappa shape index (κ3) is 5.84. The molecular formula is C59H65BN2O. The van der Waals surface area contributed by atoms with Crippen LogP contribution in [0.15, 0.2) is 95.4 Å². The van der Waals surface area contributed by atoms with E-state index in [9.17, 15) is 0 Å². The van der Waals surface area contributed by atoms with Crippen molar-refractivity contribution in [2.45, 2.75) is 150 Å². The van der Waals surface area contributed by atoms with Gasteiger partial charge in [0, 0.05) is 44.9 Å². The molecule has 0 spiro atoms. The van der Waals surface area contributed by atoms with Crippen LogP contribution in [0.5, 0.6) is 0 Å². The summed E-state index contributed by atoms with van der Waals surface area (Å²) in [5, 5.41) is 2.42. The monoisotopic (exact) mass is 829 g/mol. The predicted octanol–water partition coefficient (Wildman–Crippen LogP) is 14.6. The number of rotatable bonds is 2. The number of anilines is 6. The van der Waals surface area contributed by atoms with Crippen molar-refractivity contribution in [2.24, 2.45) is 0 Å². The molecule has 11 rings (SSSR count). The molecule has 0 saturated heterocycles. The summed E-state index contributed by atoms with van der Waals surface area (Å²) in [5.74, 6) is 0. The third-order valence-electron chi connectivity index (χ3n) is 16.4. The Morgan fingerprint density at radius 2 is 0.968 bits per heavy atom. The van der Waals surface area contributed by atoms with Crippen molar-refractivity contribution in [1.82, 2.24) is 0 Å². The first kappa shape index (κ1) is 40.6. The van der Waals surface area contributed by atoms with Crippen LogP contribution in [0, 0.1) is 20.8 Å². The van der Waals surface area contributed by atoms with E-state index in [1.165, 1.54) is 131 Å². The number of fused-ring (bicyclic) bond motifs is 9. The summed E-state index contributed by atoms with van der Waals surface area (Å²) in [7, 11) is 0. The van der Waals surface area contributed by atoms with Gasteiger partial charge >= 0.3 is 0 Å². The molecule has 2 aliphatic carbocycles. The standard InChI is InChI=1S/C59H65BN2O/c1-34-25-50-54-51(26-34)62(47-20-19-37(27-36(47)3)55(4,5)6)49-31-42-41(57(9,10)22-23-58(42,11)12)30-44(49)60(54)45-33-53-39(29-48(45)61(50)46-18-16-15-17-35(46)2)38-28-40-43(32-52(38)63-53)59(13,14)24-21-56(40,7)8/h15-20,25-33H,21-24H2,1-14H3. The first-order valence-corrected chi connectivity index (χ1v) is 23.7. The van der Waals surface area contributed by atoms with Gasteiger partial charge in [-0.3, -0.25) is 0 Å². The average Bonchev–Trinajstić information content (AvgIpc) is 3.56. The van der Waals surface area contributed by atoms with E-state index in [1.54, 1.807) is 0 Å². The second kappa shape index (κ2) is 13.0. The smallest absolute Gasteiger partial charge is 0.252 e. The number of hydrogen-bond donors (Lipinski definition) is 0. The topological polar surface area (TPSA) is 19.6 Å². The Labute approximate surface area is 377 Å². The Kier molecular flexibility index (Phi) is 8.34. The van der Waals surface area contributed by atoms with Gasteiger partial charge in [-0.05, 0) is 189 Å². The lowest BCUT2D eigenvalue weighted by Gasteiger charge is -2.47.